The molecule has 4 N–H and O–H groups in total. The summed E-state index contributed by atoms with van der Waals surface area (Å²) in [7, 11) is 0. The van der Waals surface area contributed by atoms with Crippen LogP contribution in [0.1, 0.15) is 31.2 Å². The van der Waals surface area contributed by atoms with Crippen molar-refractivity contribution in [2.24, 2.45) is 11.7 Å². The lowest BCUT2D eigenvalue weighted by atomic mass is 9.86. The highest BCUT2D eigenvalue weighted by Crippen LogP contribution is 2.28. The third-order valence-electron chi connectivity index (χ3n) is 4.83. The highest BCUT2D eigenvalue weighted by atomic mass is 35.5. The van der Waals surface area contributed by atoms with Crippen molar-refractivity contribution in [3.05, 3.63) is 41.0 Å². The first-order chi connectivity index (χ1) is 13.8. The molecule has 0 unspecified atom stereocenters. The molecule has 3 rings (SSSR count). The van der Waals surface area contributed by atoms with Gasteiger partial charge in [-0.25, -0.2) is 4.98 Å². The standard InChI is InChI=1S/C19H23ClF3N5O/c20-15-11-27-18(28-17(15)25-9-12-5-7-14(24)8-6-12)26-10-13-3-1-2-4-16(13)29-19(21,22)23/h1-4,11-12,14H,5-10,24H2,(H2,25,26,27,28)/t12-,14-. The summed E-state index contributed by atoms with van der Waals surface area (Å²) < 4.78 is 41.7. The summed E-state index contributed by atoms with van der Waals surface area (Å²) in [6.45, 7) is 0.791. The highest BCUT2D eigenvalue weighted by Gasteiger charge is 2.32. The molecule has 10 heteroatoms. The van der Waals surface area contributed by atoms with Gasteiger partial charge in [0.1, 0.15) is 16.6 Å². The molecule has 2 aromatic rings. The van der Waals surface area contributed by atoms with Crippen molar-refractivity contribution in [3.63, 3.8) is 0 Å². The zero-order valence-electron chi connectivity index (χ0n) is 15.7. The maximum atomic E-state index is 12.5. The van der Waals surface area contributed by atoms with Crippen LogP contribution in [0.2, 0.25) is 5.02 Å². The number of alkyl halides is 3. The first-order valence-electron chi connectivity index (χ1n) is 9.39. The predicted octanol–water partition coefficient (Wildman–Crippen LogP) is 4.57. The van der Waals surface area contributed by atoms with Gasteiger partial charge in [-0.05, 0) is 37.7 Å². The van der Waals surface area contributed by atoms with Gasteiger partial charge in [0.2, 0.25) is 5.95 Å². The number of hydrogen-bond donors (Lipinski definition) is 3. The van der Waals surface area contributed by atoms with E-state index in [1.165, 1.54) is 24.4 Å². The van der Waals surface area contributed by atoms with E-state index in [1.54, 1.807) is 6.07 Å². The van der Waals surface area contributed by atoms with Crippen molar-refractivity contribution in [2.75, 3.05) is 17.2 Å². The lowest BCUT2D eigenvalue weighted by Gasteiger charge is -2.26. The second-order valence-corrected chi connectivity index (χ2v) is 7.47. The molecule has 0 spiro atoms. The predicted molar refractivity (Wildman–Crippen MR) is 106 cm³/mol. The van der Waals surface area contributed by atoms with Gasteiger partial charge in [0, 0.05) is 24.7 Å². The van der Waals surface area contributed by atoms with E-state index >= 15 is 0 Å². The minimum absolute atomic E-state index is 0.0633. The molecule has 1 heterocycles. The van der Waals surface area contributed by atoms with E-state index < -0.39 is 6.36 Å². The van der Waals surface area contributed by atoms with E-state index in [-0.39, 0.29) is 24.3 Å². The lowest BCUT2D eigenvalue weighted by Crippen LogP contribution is -2.29. The number of anilines is 2. The Labute approximate surface area is 172 Å². The monoisotopic (exact) mass is 429 g/mol. The number of rotatable bonds is 7. The minimum atomic E-state index is -4.76. The first-order valence-corrected chi connectivity index (χ1v) is 9.77. The van der Waals surface area contributed by atoms with Gasteiger partial charge in [-0.15, -0.1) is 13.2 Å². The number of nitrogens with one attached hydrogen (secondary N) is 2. The van der Waals surface area contributed by atoms with Gasteiger partial charge < -0.3 is 21.1 Å². The number of nitrogens with zero attached hydrogens (tertiary/aromatic N) is 2. The lowest BCUT2D eigenvalue weighted by molar-refractivity contribution is -0.274. The van der Waals surface area contributed by atoms with E-state index in [0.717, 1.165) is 32.2 Å². The van der Waals surface area contributed by atoms with Crippen molar-refractivity contribution in [3.8, 4) is 5.75 Å². The van der Waals surface area contributed by atoms with Gasteiger partial charge in [-0.1, -0.05) is 29.8 Å². The van der Waals surface area contributed by atoms with E-state index in [0.29, 0.717) is 22.3 Å². The normalized spacial score (nSPS) is 19.6. The van der Waals surface area contributed by atoms with Crippen LogP contribution >= 0.6 is 11.6 Å². The Kier molecular flexibility index (Phi) is 7.02. The minimum Gasteiger partial charge on any atom is -0.405 e. The Morgan fingerprint density at radius 2 is 1.86 bits per heavy atom. The number of halogens is 4. The molecule has 1 aliphatic carbocycles. The highest BCUT2D eigenvalue weighted by molar-refractivity contribution is 6.32. The second kappa shape index (κ2) is 9.49. The molecule has 1 fully saturated rings. The van der Waals surface area contributed by atoms with Crippen LogP contribution in [-0.4, -0.2) is 28.9 Å². The molecular formula is C19H23ClF3N5O. The van der Waals surface area contributed by atoms with Gasteiger partial charge in [0.15, 0.2) is 0 Å². The molecule has 1 aromatic heterocycles. The van der Waals surface area contributed by atoms with Crippen molar-refractivity contribution in [1.82, 2.24) is 9.97 Å². The molecule has 1 aliphatic rings. The molecule has 1 aromatic carbocycles. The Morgan fingerprint density at radius 1 is 1.14 bits per heavy atom. The van der Waals surface area contributed by atoms with Crippen LogP contribution in [0.5, 0.6) is 5.75 Å². The topological polar surface area (TPSA) is 85.1 Å². The van der Waals surface area contributed by atoms with Gasteiger partial charge in [0.25, 0.3) is 0 Å². The van der Waals surface area contributed by atoms with E-state index in [1.807, 2.05) is 0 Å². The average Bonchev–Trinajstić information content (AvgIpc) is 2.67. The maximum absolute atomic E-state index is 12.5. The van der Waals surface area contributed by atoms with E-state index in [4.69, 9.17) is 17.3 Å². The van der Waals surface area contributed by atoms with Crippen molar-refractivity contribution in [1.29, 1.82) is 0 Å². The Morgan fingerprint density at radius 3 is 2.59 bits per heavy atom. The first kappa shape index (κ1) is 21.4. The van der Waals surface area contributed by atoms with Crippen LogP contribution in [0.3, 0.4) is 0 Å². The van der Waals surface area contributed by atoms with Crippen LogP contribution in [0, 0.1) is 5.92 Å². The zero-order chi connectivity index (χ0) is 20.9. The molecule has 29 heavy (non-hydrogen) atoms. The molecule has 158 valence electrons. The molecule has 1 saturated carbocycles. The molecule has 0 radical (unpaired) electrons. The molecule has 6 nitrogen and oxygen atoms in total. The summed E-state index contributed by atoms with van der Waals surface area (Å²) in [5.41, 5.74) is 6.26. The Bertz CT molecular complexity index is 813. The number of hydrogen-bond acceptors (Lipinski definition) is 6. The molecule has 0 aliphatic heterocycles. The van der Waals surface area contributed by atoms with Crippen LogP contribution in [0.25, 0.3) is 0 Å². The number of benzene rings is 1. The van der Waals surface area contributed by atoms with Crippen LogP contribution in [0.15, 0.2) is 30.5 Å². The van der Waals surface area contributed by atoms with Crippen LogP contribution in [0.4, 0.5) is 24.9 Å². The number of ether oxygens (including phenoxy) is 1. The summed E-state index contributed by atoms with van der Waals surface area (Å²) in [4.78, 5) is 8.43. The van der Waals surface area contributed by atoms with Crippen molar-refractivity contribution < 1.29 is 17.9 Å². The van der Waals surface area contributed by atoms with Crippen molar-refractivity contribution in [2.45, 2.75) is 44.6 Å². The molecule has 0 amide bonds. The number of nitrogens with two attached hydrogens (primary N) is 1. The molecule has 0 atom stereocenters. The van der Waals surface area contributed by atoms with Crippen LogP contribution in [-0.2, 0) is 6.54 Å². The number of para-hydroxylation sites is 1. The fourth-order valence-corrected chi connectivity index (χ4v) is 3.42. The van der Waals surface area contributed by atoms with Gasteiger partial charge in [-0.3, -0.25) is 0 Å². The van der Waals surface area contributed by atoms with Gasteiger partial charge >= 0.3 is 6.36 Å². The summed E-state index contributed by atoms with van der Waals surface area (Å²) in [6.07, 6.45) is 0.823. The second-order valence-electron chi connectivity index (χ2n) is 7.06. The third kappa shape index (κ3) is 6.64. The van der Waals surface area contributed by atoms with E-state index in [2.05, 4.69) is 25.3 Å². The molecule has 0 bridgehead atoms. The van der Waals surface area contributed by atoms with E-state index in [9.17, 15) is 13.2 Å². The van der Waals surface area contributed by atoms with Crippen molar-refractivity contribution >= 4 is 23.4 Å². The Hall–Kier alpha value is -2.26. The molecule has 0 saturated heterocycles. The fourth-order valence-electron chi connectivity index (χ4n) is 3.26. The maximum Gasteiger partial charge on any atom is 0.573 e. The Balaban J connectivity index is 1.60. The summed E-state index contributed by atoms with van der Waals surface area (Å²) in [5.74, 6) is 0.974. The number of aromatic nitrogens is 2. The van der Waals surface area contributed by atoms with Gasteiger partial charge in [-0.2, -0.15) is 4.98 Å². The smallest absolute Gasteiger partial charge is 0.405 e. The average molecular weight is 430 g/mol. The SMILES string of the molecule is N[C@H]1CC[C@H](CNc2nc(NCc3ccccc3OC(F)(F)F)ncc2Cl)CC1. The fraction of sp³-hybridized carbons (Fsp3) is 0.474. The molecular weight excluding hydrogens is 407 g/mol. The third-order valence-corrected chi connectivity index (χ3v) is 5.11. The summed E-state index contributed by atoms with van der Waals surface area (Å²) >= 11 is 6.17. The van der Waals surface area contributed by atoms with Crippen LogP contribution < -0.4 is 21.1 Å². The quantitative estimate of drug-likeness (QED) is 0.597. The van der Waals surface area contributed by atoms with Gasteiger partial charge in [0.05, 0.1) is 6.20 Å². The summed E-state index contributed by atoms with van der Waals surface area (Å²) in [5, 5.41) is 6.53. The largest absolute Gasteiger partial charge is 0.573 e. The summed E-state index contributed by atoms with van der Waals surface area (Å²) in [6, 6.07) is 6.19. The zero-order valence-corrected chi connectivity index (χ0v) is 16.4.